The number of rotatable bonds is 17. The zero-order valence-electron chi connectivity index (χ0n) is 33.4. The molecule has 0 fully saturated rings. The van der Waals surface area contributed by atoms with Crippen LogP contribution in [0.1, 0.15) is 41.6 Å². The van der Waals surface area contributed by atoms with Crippen LogP contribution < -0.4 is 34.4 Å². The first-order valence-corrected chi connectivity index (χ1v) is 18.8. The lowest BCUT2D eigenvalue weighted by molar-refractivity contribution is -0.139. The Morgan fingerprint density at radius 2 is 1.03 bits per heavy atom. The fourth-order valence-corrected chi connectivity index (χ4v) is 4.91. The van der Waals surface area contributed by atoms with Crippen LogP contribution in [0.5, 0.6) is 5.75 Å². The largest absolute Gasteiger partial charge is 0.508 e. The number of aliphatic carboxylic acids is 5. The van der Waals surface area contributed by atoms with E-state index in [0.717, 1.165) is 46.1 Å². The summed E-state index contributed by atoms with van der Waals surface area (Å²) in [5.41, 5.74) is 36.3. The molecule has 61 heavy (non-hydrogen) atoms. The number of nitrogens with zero attached hydrogens (tertiary/aromatic N) is 1. The Kier molecular flexibility index (Phi) is 24.6. The van der Waals surface area contributed by atoms with Crippen molar-refractivity contribution in [2.75, 3.05) is 6.54 Å². The van der Waals surface area contributed by atoms with Crippen LogP contribution in [-0.2, 0) is 49.7 Å². The number of carboxylic acid groups (broad SMARTS) is 5. The highest BCUT2D eigenvalue weighted by Gasteiger charge is 2.15. The summed E-state index contributed by atoms with van der Waals surface area (Å²) < 4.78 is 0. The molecule has 0 amide bonds. The van der Waals surface area contributed by atoms with Gasteiger partial charge in [-0.2, -0.15) is 0 Å². The maximum absolute atomic E-state index is 10.6. The Balaban J connectivity index is 0.000000384. The molecule has 2 heterocycles. The zero-order chi connectivity index (χ0) is 45.9. The number of carboxylic acids is 5. The quantitative estimate of drug-likeness (QED) is 0.0580. The monoisotopic (exact) mass is 851 g/mol. The summed E-state index contributed by atoms with van der Waals surface area (Å²) in [4.78, 5) is 61.4. The molecule has 2 aromatic heterocycles. The van der Waals surface area contributed by atoms with Crippen LogP contribution in [0.2, 0.25) is 0 Å². The van der Waals surface area contributed by atoms with E-state index in [1.807, 2.05) is 60.8 Å². The van der Waals surface area contributed by atoms with Gasteiger partial charge in [0.05, 0.1) is 6.33 Å². The fraction of sp³-hybridized carbons (Fsp3) is 0.317. The zero-order valence-corrected chi connectivity index (χ0v) is 33.4. The molecule has 0 saturated carbocycles. The minimum Gasteiger partial charge on any atom is -0.508 e. The van der Waals surface area contributed by atoms with Gasteiger partial charge in [0.25, 0.3) is 0 Å². The normalized spacial score (nSPS) is 12.7. The van der Waals surface area contributed by atoms with Gasteiger partial charge < -0.3 is 75.0 Å². The highest BCUT2D eigenvalue weighted by Crippen LogP contribution is 2.18. The van der Waals surface area contributed by atoms with Crippen LogP contribution >= 0.6 is 0 Å². The second-order valence-electron chi connectivity index (χ2n) is 13.4. The minimum absolute atomic E-state index is 0.160. The number of phenolic OH excluding ortho intramolecular Hbond substituents is 1. The second-order valence-corrected chi connectivity index (χ2v) is 13.4. The van der Waals surface area contributed by atoms with Crippen LogP contribution in [0, 0.1) is 0 Å². The molecule has 0 saturated heterocycles. The molecule has 0 radical (unpaired) electrons. The summed E-state index contributed by atoms with van der Waals surface area (Å²) in [6.45, 7) is 0.604. The van der Waals surface area contributed by atoms with E-state index >= 15 is 0 Å². The third-order valence-corrected chi connectivity index (χ3v) is 8.36. The van der Waals surface area contributed by atoms with Crippen molar-refractivity contribution in [2.24, 2.45) is 34.4 Å². The number of unbranched alkanes of at least 4 members (excludes halogenated alkanes) is 1. The van der Waals surface area contributed by atoms with Crippen LogP contribution in [0.3, 0.4) is 0 Å². The summed E-state index contributed by atoms with van der Waals surface area (Å²) in [6.07, 6.45) is 8.32. The molecular weight excluding hydrogens is 795 g/mol. The van der Waals surface area contributed by atoms with Gasteiger partial charge in [-0.3, -0.25) is 24.0 Å². The molecule has 0 spiro atoms. The molecule has 0 bridgehead atoms. The first-order chi connectivity index (χ1) is 28.9. The standard InChI is InChI=1S/C11H12N2O2.C9H11NO3.C9H11NO2.C6H9N3O2.C6H14N2O2/c12-9(11(14)15)5-7-6-13-10-4-2-1-3-8(7)10;10-8(9(12)13)5-6-1-3-7(11)4-2-6;10-8(9(11)12)6-7-4-2-1-3-5-7;7-5(6(10)11)1-4-2-8-3-9-4;7-4-2-1-3-5(8)6(9)10/h1-4,6,9,13H,5,12H2,(H,14,15);1-4,8,11H,5,10H2,(H,12,13);1-5,8H,6,10H2,(H,11,12);2-3,5H,1,7H2,(H,8,9)(H,10,11);5H,1-4,7-8H2,(H,9,10). The van der Waals surface area contributed by atoms with Crippen molar-refractivity contribution in [3.63, 3.8) is 0 Å². The van der Waals surface area contributed by atoms with Crippen LogP contribution in [0.15, 0.2) is 97.6 Å². The number of hydrogen-bond donors (Lipinski definition) is 14. The number of imidazole rings is 1. The molecule has 5 atom stereocenters. The number of aromatic nitrogens is 3. The number of H-pyrrole nitrogens is 2. The molecule has 5 unspecified atom stereocenters. The Morgan fingerprint density at radius 1 is 0.557 bits per heavy atom. The van der Waals surface area contributed by atoms with Gasteiger partial charge in [0.2, 0.25) is 0 Å². The fourth-order valence-electron chi connectivity index (χ4n) is 4.91. The number of nitrogens with two attached hydrogens (primary N) is 6. The van der Waals surface area contributed by atoms with Gasteiger partial charge in [0.15, 0.2) is 0 Å². The lowest BCUT2D eigenvalue weighted by Crippen LogP contribution is -2.32. The molecule has 0 aliphatic carbocycles. The van der Waals surface area contributed by atoms with E-state index in [1.54, 1.807) is 18.3 Å². The molecule has 3 aromatic carbocycles. The summed E-state index contributed by atoms with van der Waals surface area (Å²) in [7, 11) is 0. The summed E-state index contributed by atoms with van der Waals surface area (Å²) >= 11 is 0. The molecule has 5 aromatic rings. The summed E-state index contributed by atoms with van der Waals surface area (Å²) in [6, 6.07) is 19.3. The Morgan fingerprint density at radius 3 is 1.52 bits per heavy atom. The maximum Gasteiger partial charge on any atom is 0.320 e. The van der Waals surface area contributed by atoms with Crippen LogP contribution in [0.4, 0.5) is 0 Å². The van der Waals surface area contributed by atoms with Gasteiger partial charge in [0, 0.05) is 41.8 Å². The number of carbonyl (C=O) groups is 5. The molecule has 0 aliphatic rings. The van der Waals surface area contributed by atoms with Gasteiger partial charge in [0.1, 0.15) is 36.0 Å². The average Bonchev–Trinajstić information content (AvgIpc) is 3.90. The van der Waals surface area contributed by atoms with Gasteiger partial charge in [-0.05, 0) is 67.1 Å². The van der Waals surface area contributed by atoms with Crippen molar-refractivity contribution in [3.8, 4) is 5.75 Å². The predicted molar refractivity (Wildman–Crippen MR) is 227 cm³/mol. The van der Waals surface area contributed by atoms with Crippen LogP contribution in [0.25, 0.3) is 10.9 Å². The topological polar surface area (TPSA) is 407 Å². The van der Waals surface area contributed by atoms with Gasteiger partial charge in [-0.15, -0.1) is 0 Å². The Labute approximate surface area is 351 Å². The number of fused-ring (bicyclic) bond motifs is 1. The average molecular weight is 852 g/mol. The number of aromatic hydroxyl groups is 1. The number of aromatic amines is 2. The first-order valence-electron chi connectivity index (χ1n) is 18.8. The molecule has 20 nitrogen and oxygen atoms in total. The summed E-state index contributed by atoms with van der Waals surface area (Å²) in [5.74, 6) is -4.73. The number of para-hydroxylation sites is 1. The number of benzene rings is 3. The lowest BCUT2D eigenvalue weighted by Gasteiger charge is -2.05. The van der Waals surface area contributed by atoms with Crippen molar-refractivity contribution < 1.29 is 54.6 Å². The number of hydrogen-bond acceptors (Lipinski definition) is 13. The van der Waals surface area contributed by atoms with Crippen molar-refractivity contribution in [2.45, 2.75) is 75.2 Å². The molecule has 20 heteroatoms. The van der Waals surface area contributed by atoms with E-state index in [2.05, 4.69) is 15.0 Å². The smallest absolute Gasteiger partial charge is 0.320 e. The summed E-state index contributed by atoms with van der Waals surface area (Å²) in [5, 5.41) is 52.5. The van der Waals surface area contributed by atoms with Crippen molar-refractivity contribution in [1.82, 2.24) is 15.0 Å². The molecular formula is C41H57N9O11. The van der Waals surface area contributed by atoms with Crippen LogP contribution in [-0.4, -0.2) is 112 Å². The van der Waals surface area contributed by atoms with Gasteiger partial charge in [-0.1, -0.05) is 67.1 Å². The van der Waals surface area contributed by atoms with E-state index in [4.69, 9.17) is 65.0 Å². The van der Waals surface area contributed by atoms with Crippen molar-refractivity contribution in [1.29, 1.82) is 0 Å². The maximum atomic E-state index is 10.6. The predicted octanol–water partition coefficient (Wildman–Crippen LogP) is 1.00. The molecule has 0 aliphatic heterocycles. The number of phenols is 1. The molecule has 332 valence electrons. The Hall–Kier alpha value is -6.68. The van der Waals surface area contributed by atoms with Crippen molar-refractivity contribution >= 4 is 40.7 Å². The minimum atomic E-state index is -1.02. The van der Waals surface area contributed by atoms with E-state index in [-0.39, 0.29) is 18.6 Å². The lowest BCUT2D eigenvalue weighted by atomic mass is 10.1. The first kappa shape index (κ1) is 52.3. The van der Waals surface area contributed by atoms with E-state index in [9.17, 15) is 24.0 Å². The third kappa shape index (κ3) is 22.3. The van der Waals surface area contributed by atoms with Gasteiger partial charge in [-0.25, -0.2) is 4.98 Å². The van der Waals surface area contributed by atoms with Gasteiger partial charge >= 0.3 is 29.8 Å². The van der Waals surface area contributed by atoms with E-state index < -0.39 is 60.1 Å². The SMILES string of the molecule is NC(Cc1c[nH]c2ccccc12)C(=O)O.NC(Cc1ccc(O)cc1)C(=O)O.NC(Cc1ccccc1)C(=O)O.NC(Cc1cnc[nH]1)C(=O)O.NCCCCC(N)C(=O)O. The Bertz CT molecular complexity index is 2030. The molecule has 20 N–H and O–H groups in total. The highest BCUT2D eigenvalue weighted by molar-refractivity contribution is 5.84. The third-order valence-electron chi connectivity index (χ3n) is 8.36. The van der Waals surface area contributed by atoms with E-state index in [1.165, 1.54) is 18.5 Å². The highest BCUT2D eigenvalue weighted by atomic mass is 16.4. The second kappa shape index (κ2) is 28.7. The van der Waals surface area contributed by atoms with E-state index in [0.29, 0.717) is 25.8 Å². The molecule has 5 rings (SSSR count). The number of nitrogens with one attached hydrogen (secondary N) is 2. The van der Waals surface area contributed by atoms with Crippen molar-refractivity contribution in [3.05, 3.63) is 120 Å².